The smallest absolute Gasteiger partial charge is 0.239 e. The Morgan fingerprint density at radius 3 is 2.44 bits per heavy atom. The van der Waals surface area contributed by atoms with Crippen molar-refractivity contribution in [1.29, 1.82) is 0 Å². The molecule has 1 aliphatic rings. The summed E-state index contributed by atoms with van der Waals surface area (Å²) in [4.78, 5) is 20.6. The minimum Gasteiger partial charge on any atom is -0.360 e. The van der Waals surface area contributed by atoms with Gasteiger partial charge in [0.25, 0.3) is 0 Å². The summed E-state index contributed by atoms with van der Waals surface area (Å²) in [6.45, 7) is 9.81. The first-order valence-electron chi connectivity index (χ1n) is 11.5. The molecule has 1 amide bonds. The quantitative estimate of drug-likeness (QED) is 0.416. The molecule has 3 N–H and O–H groups in total. The van der Waals surface area contributed by atoms with Crippen molar-refractivity contribution in [3.63, 3.8) is 0 Å². The molecule has 32 heavy (non-hydrogen) atoms. The fourth-order valence-electron chi connectivity index (χ4n) is 4.08. The third-order valence-corrected chi connectivity index (χ3v) is 5.92. The fraction of sp³-hybridized carbons (Fsp3) is 0.440. The molecule has 0 bridgehead atoms. The second-order valence-corrected chi connectivity index (χ2v) is 7.89. The Bertz CT molecular complexity index is 864. The zero-order chi connectivity index (χ0) is 22.8. The van der Waals surface area contributed by atoms with Crippen LogP contribution in [0.15, 0.2) is 59.6 Å². The number of piperazine rings is 1. The normalized spacial score (nSPS) is 15.4. The number of aliphatic imine (C=N–C) groups is 1. The molecule has 3 rings (SSSR count). The lowest BCUT2D eigenvalue weighted by molar-refractivity contribution is -0.120. The molecular formula is C25H36N6O. The molecule has 2 aromatic carbocycles. The average Bonchev–Trinajstić information content (AvgIpc) is 2.84. The van der Waals surface area contributed by atoms with E-state index in [1.165, 1.54) is 11.1 Å². The highest BCUT2D eigenvalue weighted by atomic mass is 16.2. The third kappa shape index (κ3) is 6.47. The van der Waals surface area contributed by atoms with Crippen LogP contribution in [0.3, 0.4) is 0 Å². The monoisotopic (exact) mass is 436 g/mol. The lowest BCUT2D eigenvalue weighted by Crippen LogP contribution is -2.47. The minimum atomic E-state index is 0.0791. The topological polar surface area (TPSA) is 72.0 Å². The first kappa shape index (κ1) is 23.6. The number of nitrogens with zero attached hydrogens (tertiary/aromatic N) is 3. The van der Waals surface area contributed by atoms with Gasteiger partial charge < -0.3 is 20.9 Å². The Morgan fingerprint density at radius 2 is 1.81 bits per heavy atom. The molecule has 0 spiro atoms. The van der Waals surface area contributed by atoms with Gasteiger partial charge in [-0.15, -0.1) is 0 Å². The Kier molecular flexibility index (Phi) is 8.92. The van der Waals surface area contributed by atoms with Crippen LogP contribution >= 0.6 is 0 Å². The maximum atomic E-state index is 11.6. The highest BCUT2D eigenvalue weighted by Crippen LogP contribution is 2.19. The maximum absolute atomic E-state index is 11.6. The predicted molar refractivity (Wildman–Crippen MR) is 132 cm³/mol. The lowest BCUT2D eigenvalue weighted by Gasteiger charge is -2.31. The van der Waals surface area contributed by atoms with Crippen molar-refractivity contribution >= 4 is 17.6 Å². The predicted octanol–water partition coefficient (Wildman–Crippen LogP) is 2.37. The Balaban J connectivity index is 1.55. The van der Waals surface area contributed by atoms with E-state index in [1.807, 2.05) is 0 Å². The minimum absolute atomic E-state index is 0.0791. The first-order valence-corrected chi connectivity index (χ1v) is 11.5. The highest BCUT2D eigenvalue weighted by molar-refractivity contribution is 5.82. The summed E-state index contributed by atoms with van der Waals surface area (Å²) in [5.41, 5.74) is 3.55. The molecule has 7 nitrogen and oxygen atoms in total. The second kappa shape index (κ2) is 12.1. The zero-order valence-electron chi connectivity index (χ0n) is 19.5. The van der Waals surface area contributed by atoms with Crippen LogP contribution in [0.25, 0.3) is 0 Å². The number of carbonyl (C=O) groups excluding carboxylic acids is 1. The van der Waals surface area contributed by atoms with Gasteiger partial charge in [-0.2, -0.15) is 0 Å². The van der Waals surface area contributed by atoms with E-state index < -0.39 is 0 Å². The van der Waals surface area contributed by atoms with E-state index in [9.17, 15) is 4.79 Å². The summed E-state index contributed by atoms with van der Waals surface area (Å²) >= 11 is 0. The molecule has 1 saturated heterocycles. The number of hydrogen-bond donors (Lipinski definition) is 3. The molecule has 1 heterocycles. The zero-order valence-corrected chi connectivity index (χ0v) is 19.5. The summed E-state index contributed by atoms with van der Waals surface area (Å²) in [5, 5.41) is 9.78. The van der Waals surface area contributed by atoms with Gasteiger partial charge >= 0.3 is 0 Å². The van der Waals surface area contributed by atoms with E-state index in [-0.39, 0.29) is 11.9 Å². The molecule has 0 aromatic heterocycles. The largest absolute Gasteiger partial charge is 0.360 e. The van der Waals surface area contributed by atoms with Crippen molar-refractivity contribution in [3.8, 4) is 0 Å². The molecule has 172 valence electrons. The Morgan fingerprint density at radius 1 is 1.09 bits per heavy atom. The van der Waals surface area contributed by atoms with Crippen LogP contribution in [0.4, 0.5) is 5.69 Å². The van der Waals surface area contributed by atoms with E-state index in [0.29, 0.717) is 19.6 Å². The van der Waals surface area contributed by atoms with Crippen LogP contribution < -0.4 is 20.9 Å². The van der Waals surface area contributed by atoms with Crippen molar-refractivity contribution in [2.24, 2.45) is 4.99 Å². The number of carbonyl (C=O) groups is 1. The van der Waals surface area contributed by atoms with Crippen molar-refractivity contribution in [3.05, 3.63) is 65.7 Å². The molecule has 1 aliphatic heterocycles. The van der Waals surface area contributed by atoms with Gasteiger partial charge in [0.2, 0.25) is 5.91 Å². The second-order valence-electron chi connectivity index (χ2n) is 7.89. The summed E-state index contributed by atoms with van der Waals surface area (Å²) in [6, 6.07) is 19.3. The number of guanidine groups is 1. The van der Waals surface area contributed by atoms with Crippen molar-refractivity contribution in [1.82, 2.24) is 20.9 Å². The summed E-state index contributed by atoms with van der Waals surface area (Å²) < 4.78 is 0. The van der Waals surface area contributed by atoms with Crippen LogP contribution in [-0.2, 0) is 11.3 Å². The first-order chi connectivity index (χ1) is 15.6. The lowest BCUT2D eigenvalue weighted by atomic mass is 10.1. The Hall–Kier alpha value is -3.06. The van der Waals surface area contributed by atoms with Crippen LogP contribution in [0.2, 0.25) is 0 Å². The number of amides is 1. The molecule has 1 unspecified atom stereocenters. The number of hydrogen-bond acceptors (Lipinski definition) is 4. The number of rotatable bonds is 9. The highest BCUT2D eigenvalue weighted by Gasteiger charge is 2.18. The SMILES string of the molecule is CCN(CC)C(CNC(=NC)NCc1ccc(N2CCNC(=O)C2)cc1)c1ccccc1. The van der Waals surface area contributed by atoms with Crippen molar-refractivity contribution in [2.45, 2.75) is 26.4 Å². The molecule has 0 saturated carbocycles. The van der Waals surface area contributed by atoms with Gasteiger partial charge in [0.1, 0.15) is 0 Å². The molecular weight excluding hydrogens is 400 g/mol. The van der Waals surface area contributed by atoms with Gasteiger partial charge in [-0.25, -0.2) is 0 Å². The van der Waals surface area contributed by atoms with Crippen LogP contribution in [-0.4, -0.2) is 63.1 Å². The standard InChI is InChI=1S/C25H36N6O/c1-4-30(5-2)23(21-9-7-6-8-10-21)18-29-25(26-3)28-17-20-11-13-22(14-12-20)31-16-15-27-24(32)19-31/h6-14,23H,4-5,15-19H2,1-3H3,(H,27,32)(H2,26,28,29). The molecule has 2 aromatic rings. The number of nitrogens with one attached hydrogen (secondary N) is 3. The average molecular weight is 437 g/mol. The van der Waals surface area contributed by atoms with Crippen LogP contribution in [0.5, 0.6) is 0 Å². The third-order valence-electron chi connectivity index (χ3n) is 5.92. The van der Waals surface area contributed by atoms with E-state index in [1.54, 1.807) is 7.05 Å². The van der Waals surface area contributed by atoms with Gasteiger partial charge in [0.15, 0.2) is 5.96 Å². The van der Waals surface area contributed by atoms with Gasteiger partial charge in [-0.1, -0.05) is 56.3 Å². The number of anilines is 1. The molecule has 0 aliphatic carbocycles. The maximum Gasteiger partial charge on any atom is 0.239 e. The van der Waals surface area contributed by atoms with Gasteiger partial charge in [-0.05, 0) is 36.3 Å². The fourth-order valence-corrected chi connectivity index (χ4v) is 4.08. The molecule has 1 fully saturated rings. The molecule has 1 atom stereocenters. The van der Waals surface area contributed by atoms with E-state index in [4.69, 9.17) is 0 Å². The number of likely N-dealkylation sites (N-methyl/N-ethyl adjacent to an activating group) is 1. The van der Waals surface area contributed by atoms with E-state index in [0.717, 1.165) is 37.8 Å². The summed E-state index contributed by atoms with van der Waals surface area (Å²) in [5.74, 6) is 0.866. The molecule has 7 heteroatoms. The van der Waals surface area contributed by atoms with Gasteiger partial charge in [0.05, 0.1) is 12.6 Å². The van der Waals surface area contributed by atoms with Gasteiger partial charge in [0, 0.05) is 38.9 Å². The van der Waals surface area contributed by atoms with Gasteiger partial charge in [-0.3, -0.25) is 14.7 Å². The molecule has 0 radical (unpaired) electrons. The van der Waals surface area contributed by atoms with E-state index >= 15 is 0 Å². The van der Waals surface area contributed by atoms with Crippen molar-refractivity contribution < 1.29 is 4.79 Å². The number of benzene rings is 2. The van der Waals surface area contributed by atoms with E-state index in [2.05, 4.69) is 99.2 Å². The summed E-state index contributed by atoms with van der Waals surface area (Å²) in [6.07, 6.45) is 0. The van der Waals surface area contributed by atoms with Crippen molar-refractivity contribution in [2.75, 3.05) is 51.2 Å². The Labute approximate surface area is 191 Å². The van der Waals surface area contributed by atoms with Crippen LogP contribution in [0, 0.1) is 0 Å². The summed E-state index contributed by atoms with van der Waals surface area (Å²) in [7, 11) is 1.80. The van der Waals surface area contributed by atoms with Crippen LogP contribution in [0.1, 0.15) is 31.0 Å².